The highest BCUT2D eigenvalue weighted by atomic mass is 32.1. The number of amides is 4. The third-order valence-electron chi connectivity index (χ3n) is 3.46. The van der Waals surface area contributed by atoms with Crippen LogP contribution in [0.5, 0.6) is 0 Å². The SMILES string of the molecule is NC(=O)CCC(NC(=O)C(CO)NC(=O)C(CS)NC(=O)C(N)CS)C(=O)O. The van der Waals surface area contributed by atoms with Gasteiger partial charge >= 0.3 is 5.97 Å². The number of aliphatic carboxylic acids is 1. The molecule has 0 saturated carbocycles. The molecule has 12 nitrogen and oxygen atoms in total. The largest absolute Gasteiger partial charge is 0.480 e. The molecule has 28 heavy (non-hydrogen) atoms. The standard InChI is InChI=1S/C14H25N5O7S2/c15-6(4-27)11(22)19-9(5-28)13(24)18-8(3-20)12(23)17-7(14(25)26)1-2-10(16)21/h6-9,20,27-28H,1-5,15H2,(H2,16,21)(H,17,23)(H,18,24)(H,19,22)(H,25,26). The Balaban J connectivity index is 4.96. The number of carbonyl (C=O) groups excluding carboxylic acids is 4. The number of nitrogens with one attached hydrogen (secondary N) is 3. The third kappa shape index (κ3) is 9.25. The number of primary amides is 1. The Morgan fingerprint density at radius 2 is 1.36 bits per heavy atom. The molecule has 160 valence electrons. The second kappa shape index (κ2) is 13.2. The minimum absolute atomic E-state index is 0.0380. The van der Waals surface area contributed by atoms with Crippen LogP contribution in [-0.2, 0) is 24.0 Å². The molecular weight excluding hydrogens is 414 g/mol. The fourth-order valence-corrected chi connectivity index (χ4v) is 2.26. The van der Waals surface area contributed by atoms with Crippen molar-refractivity contribution >= 4 is 54.9 Å². The van der Waals surface area contributed by atoms with Gasteiger partial charge in [0, 0.05) is 17.9 Å². The Morgan fingerprint density at radius 3 is 1.79 bits per heavy atom. The van der Waals surface area contributed by atoms with E-state index < -0.39 is 60.4 Å². The highest BCUT2D eigenvalue weighted by Crippen LogP contribution is 2.00. The molecule has 0 aliphatic heterocycles. The zero-order chi connectivity index (χ0) is 21.9. The summed E-state index contributed by atoms with van der Waals surface area (Å²) < 4.78 is 0. The van der Waals surface area contributed by atoms with Crippen molar-refractivity contribution in [2.75, 3.05) is 18.1 Å². The second-order valence-electron chi connectivity index (χ2n) is 5.68. The van der Waals surface area contributed by atoms with E-state index in [1.54, 1.807) is 0 Å². The summed E-state index contributed by atoms with van der Waals surface area (Å²) in [5, 5.41) is 25.0. The summed E-state index contributed by atoms with van der Waals surface area (Å²) in [5.41, 5.74) is 10.4. The zero-order valence-electron chi connectivity index (χ0n) is 14.8. The van der Waals surface area contributed by atoms with E-state index in [2.05, 4.69) is 41.2 Å². The van der Waals surface area contributed by atoms with Gasteiger partial charge in [-0.3, -0.25) is 19.2 Å². The van der Waals surface area contributed by atoms with Gasteiger partial charge in [0.1, 0.15) is 18.1 Å². The Hall–Kier alpha value is -2.03. The smallest absolute Gasteiger partial charge is 0.326 e. The molecule has 0 rings (SSSR count). The van der Waals surface area contributed by atoms with Crippen LogP contribution in [0, 0.1) is 0 Å². The lowest BCUT2D eigenvalue weighted by atomic mass is 10.1. The predicted molar refractivity (Wildman–Crippen MR) is 105 cm³/mol. The van der Waals surface area contributed by atoms with Gasteiger partial charge in [0.05, 0.1) is 12.6 Å². The number of thiol groups is 2. The monoisotopic (exact) mass is 439 g/mol. The molecule has 0 aliphatic carbocycles. The van der Waals surface area contributed by atoms with Crippen LogP contribution in [-0.4, -0.2) is 82.1 Å². The zero-order valence-corrected chi connectivity index (χ0v) is 16.6. The molecule has 0 aromatic heterocycles. The summed E-state index contributed by atoms with van der Waals surface area (Å²) in [6.45, 7) is -0.844. The Bertz CT molecular complexity index is 592. The van der Waals surface area contributed by atoms with Gasteiger partial charge < -0.3 is 37.6 Å². The number of aliphatic hydroxyl groups is 1. The number of aliphatic hydroxyl groups excluding tert-OH is 1. The fraction of sp³-hybridized carbons (Fsp3) is 0.643. The van der Waals surface area contributed by atoms with Gasteiger partial charge in [-0.2, -0.15) is 25.3 Å². The van der Waals surface area contributed by atoms with Gasteiger partial charge in [0.15, 0.2) is 0 Å². The second-order valence-corrected chi connectivity index (χ2v) is 6.41. The van der Waals surface area contributed by atoms with Crippen LogP contribution in [0.1, 0.15) is 12.8 Å². The molecule has 0 radical (unpaired) electrons. The van der Waals surface area contributed by atoms with E-state index in [1.807, 2.05) is 0 Å². The molecule has 0 spiro atoms. The summed E-state index contributed by atoms with van der Waals surface area (Å²) in [7, 11) is 0. The van der Waals surface area contributed by atoms with Crippen molar-refractivity contribution in [2.45, 2.75) is 37.0 Å². The molecule has 0 saturated heterocycles. The van der Waals surface area contributed by atoms with E-state index >= 15 is 0 Å². The number of carboxylic acids is 1. The van der Waals surface area contributed by atoms with Crippen molar-refractivity contribution < 1.29 is 34.2 Å². The van der Waals surface area contributed by atoms with Crippen LogP contribution in [0.3, 0.4) is 0 Å². The van der Waals surface area contributed by atoms with Crippen molar-refractivity contribution in [3.8, 4) is 0 Å². The van der Waals surface area contributed by atoms with E-state index in [1.165, 1.54) is 0 Å². The van der Waals surface area contributed by atoms with Crippen molar-refractivity contribution in [1.82, 2.24) is 16.0 Å². The van der Waals surface area contributed by atoms with E-state index in [-0.39, 0.29) is 24.3 Å². The quantitative estimate of drug-likeness (QED) is 0.128. The molecule has 14 heteroatoms. The van der Waals surface area contributed by atoms with Crippen molar-refractivity contribution in [2.24, 2.45) is 11.5 Å². The van der Waals surface area contributed by atoms with Crippen molar-refractivity contribution in [1.29, 1.82) is 0 Å². The average Bonchev–Trinajstić information content (AvgIpc) is 2.65. The van der Waals surface area contributed by atoms with Crippen LogP contribution in [0.15, 0.2) is 0 Å². The maximum absolute atomic E-state index is 12.2. The maximum atomic E-state index is 12.2. The molecular formula is C14H25N5O7S2. The van der Waals surface area contributed by atoms with Gasteiger partial charge in [-0.1, -0.05) is 0 Å². The van der Waals surface area contributed by atoms with Crippen molar-refractivity contribution in [3.63, 3.8) is 0 Å². The Morgan fingerprint density at radius 1 is 0.857 bits per heavy atom. The lowest BCUT2D eigenvalue weighted by Crippen LogP contribution is -2.58. The van der Waals surface area contributed by atoms with E-state index in [0.717, 1.165) is 0 Å². The lowest BCUT2D eigenvalue weighted by molar-refractivity contribution is -0.143. The van der Waals surface area contributed by atoms with E-state index in [0.29, 0.717) is 0 Å². The van der Waals surface area contributed by atoms with E-state index in [9.17, 15) is 29.1 Å². The molecule has 4 amide bonds. The molecule has 0 fully saturated rings. The molecule has 0 aromatic rings. The summed E-state index contributed by atoms with van der Waals surface area (Å²) >= 11 is 7.81. The summed E-state index contributed by atoms with van der Waals surface area (Å²) in [6, 6.07) is -5.06. The number of nitrogens with two attached hydrogens (primary N) is 2. The van der Waals surface area contributed by atoms with Gasteiger partial charge in [-0.15, -0.1) is 0 Å². The highest BCUT2D eigenvalue weighted by molar-refractivity contribution is 7.80. The molecule has 4 atom stereocenters. The lowest BCUT2D eigenvalue weighted by Gasteiger charge is -2.23. The third-order valence-corrected chi connectivity index (χ3v) is 4.22. The topological polar surface area (TPSA) is 214 Å². The molecule has 0 aliphatic rings. The first-order valence-electron chi connectivity index (χ1n) is 8.07. The van der Waals surface area contributed by atoms with Crippen LogP contribution in [0.4, 0.5) is 0 Å². The first-order valence-corrected chi connectivity index (χ1v) is 9.34. The first kappa shape index (κ1) is 26.0. The Kier molecular flexibility index (Phi) is 12.2. The molecule has 0 aromatic carbocycles. The molecule has 0 bridgehead atoms. The molecule has 0 heterocycles. The number of carbonyl (C=O) groups is 5. The summed E-state index contributed by atoms with van der Waals surface area (Å²) in [5.74, 6) is -4.76. The van der Waals surface area contributed by atoms with Gasteiger partial charge in [0.25, 0.3) is 0 Å². The number of rotatable bonds is 13. The average molecular weight is 440 g/mol. The van der Waals surface area contributed by atoms with Crippen LogP contribution in [0.25, 0.3) is 0 Å². The molecule has 4 unspecified atom stereocenters. The first-order chi connectivity index (χ1) is 13.1. The maximum Gasteiger partial charge on any atom is 0.326 e. The van der Waals surface area contributed by atoms with Crippen LogP contribution < -0.4 is 27.4 Å². The van der Waals surface area contributed by atoms with Crippen LogP contribution in [0.2, 0.25) is 0 Å². The predicted octanol–water partition coefficient (Wildman–Crippen LogP) is -4.03. The Labute approximate surface area is 172 Å². The van der Waals surface area contributed by atoms with Gasteiger partial charge in [0.2, 0.25) is 23.6 Å². The highest BCUT2D eigenvalue weighted by Gasteiger charge is 2.29. The summed E-state index contributed by atoms with van der Waals surface area (Å²) in [4.78, 5) is 58.1. The minimum atomic E-state index is -1.50. The fourth-order valence-electron chi connectivity index (χ4n) is 1.84. The van der Waals surface area contributed by atoms with Gasteiger partial charge in [-0.25, -0.2) is 4.79 Å². The van der Waals surface area contributed by atoms with Crippen LogP contribution >= 0.6 is 25.3 Å². The van der Waals surface area contributed by atoms with Crippen molar-refractivity contribution in [3.05, 3.63) is 0 Å². The van der Waals surface area contributed by atoms with E-state index in [4.69, 9.17) is 16.6 Å². The number of hydrogen-bond acceptors (Lipinski definition) is 9. The minimum Gasteiger partial charge on any atom is -0.480 e. The molecule has 9 N–H and O–H groups in total. The number of hydrogen-bond donors (Lipinski definition) is 9. The van der Waals surface area contributed by atoms with Gasteiger partial charge in [-0.05, 0) is 6.42 Å². The normalized spacial score (nSPS) is 14.9. The summed E-state index contributed by atoms with van der Waals surface area (Å²) in [6.07, 6.45) is -0.550. The number of carboxylic acid groups (broad SMARTS) is 1.